The third kappa shape index (κ3) is 4.53. The van der Waals surface area contributed by atoms with Gasteiger partial charge in [-0.2, -0.15) is 4.31 Å². The van der Waals surface area contributed by atoms with Gasteiger partial charge in [-0.25, -0.2) is 8.42 Å². The lowest BCUT2D eigenvalue weighted by Crippen LogP contribution is -2.36. The zero-order chi connectivity index (χ0) is 16.0. The predicted octanol–water partition coefficient (Wildman–Crippen LogP) is 3.17. The van der Waals surface area contributed by atoms with E-state index in [1.54, 1.807) is 12.1 Å². The molecule has 1 atom stereocenters. The van der Waals surface area contributed by atoms with Crippen LogP contribution in [0.1, 0.15) is 52.6 Å². The van der Waals surface area contributed by atoms with Gasteiger partial charge in [0.15, 0.2) is 0 Å². The molecule has 1 N–H and O–H groups in total. The van der Waals surface area contributed by atoms with Crippen molar-refractivity contribution in [3.05, 3.63) is 29.8 Å². The van der Waals surface area contributed by atoms with E-state index in [0.29, 0.717) is 11.4 Å². The molecule has 0 saturated heterocycles. The van der Waals surface area contributed by atoms with Crippen LogP contribution in [0, 0.1) is 0 Å². The molecule has 1 unspecified atom stereocenters. The minimum Gasteiger partial charge on any atom is -0.310 e. The highest BCUT2D eigenvalue weighted by Crippen LogP contribution is 2.22. The molecule has 0 radical (unpaired) electrons. The molecule has 1 rings (SSSR count). The number of hydrogen-bond acceptors (Lipinski definition) is 3. The fraction of sp³-hybridized carbons (Fsp3) is 0.625. The van der Waals surface area contributed by atoms with Gasteiger partial charge in [0.25, 0.3) is 0 Å². The van der Waals surface area contributed by atoms with Crippen molar-refractivity contribution < 1.29 is 8.42 Å². The van der Waals surface area contributed by atoms with Crippen molar-refractivity contribution in [3.63, 3.8) is 0 Å². The Kier molecular flexibility index (Phi) is 6.84. The summed E-state index contributed by atoms with van der Waals surface area (Å²) < 4.78 is 26.9. The summed E-state index contributed by atoms with van der Waals surface area (Å²) in [7, 11) is -3.42. The first-order valence-corrected chi connectivity index (χ1v) is 9.13. The van der Waals surface area contributed by atoms with Gasteiger partial charge in [0.05, 0.1) is 4.90 Å². The molecular formula is C16H28N2O2S. The van der Waals surface area contributed by atoms with Crippen LogP contribution in [0.3, 0.4) is 0 Å². The summed E-state index contributed by atoms with van der Waals surface area (Å²) >= 11 is 0. The summed E-state index contributed by atoms with van der Waals surface area (Å²) in [5.41, 5.74) is 1.00. The lowest BCUT2D eigenvalue weighted by atomic mass is 10.1. The zero-order valence-electron chi connectivity index (χ0n) is 13.8. The second-order valence-electron chi connectivity index (χ2n) is 5.55. The molecule has 0 spiro atoms. The van der Waals surface area contributed by atoms with Gasteiger partial charge in [0, 0.05) is 18.6 Å². The van der Waals surface area contributed by atoms with E-state index in [-0.39, 0.29) is 12.1 Å². The topological polar surface area (TPSA) is 49.4 Å². The Balaban J connectivity index is 3.09. The first-order chi connectivity index (χ1) is 9.84. The summed E-state index contributed by atoms with van der Waals surface area (Å²) in [5, 5.41) is 3.38. The molecule has 0 aromatic heterocycles. The molecule has 0 saturated carbocycles. The molecule has 120 valence electrons. The van der Waals surface area contributed by atoms with Crippen molar-refractivity contribution in [2.75, 3.05) is 13.1 Å². The molecule has 0 aliphatic rings. The van der Waals surface area contributed by atoms with E-state index in [2.05, 4.69) is 19.2 Å². The van der Waals surface area contributed by atoms with Gasteiger partial charge < -0.3 is 5.32 Å². The van der Waals surface area contributed by atoms with Gasteiger partial charge in [-0.05, 0) is 51.4 Å². The fourth-order valence-electron chi connectivity index (χ4n) is 2.37. The van der Waals surface area contributed by atoms with Gasteiger partial charge in [0.1, 0.15) is 0 Å². The molecule has 1 aromatic rings. The van der Waals surface area contributed by atoms with Gasteiger partial charge in [0.2, 0.25) is 10.0 Å². The smallest absolute Gasteiger partial charge is 0.243 e. The first-order valence-electron chi connectivity index (χ1n) is 7.69. The van der Waals surface area contributed by atoms with Crippen molar-refractivity contribution in [1.82, 2.24) is 9.62 Å². The van der Waals surface area contributed by atoms with E-state index in [4.69, 9.17) is 0 Å². The molecule has 0 heterocycles. The summed E-state index contributed by atoms with van der Waals surface area (Å²) in [5.74, 6) is 0. The Hall–Kier alpha value is -0.910. The van der Waals surface area contributed by atoms with Crippen LogP contribution < -0.4 is 5.32 Å². The van der Waals surface area contributed by atoms with Crippen LogP contribution in [0.15, 0.2) is 29.2 Å². The van der Waals surface area contributed by atoms with E-state index in [9.17, 15) is 8.42 Å². The van der Waals surface area contributed by atoms with E-state index in [1.807, 2.05) is 32.9 Å². The molecule has 4 nitrogen and oxygen atoms in total. The van der Waals surface area contributed by atoms with E-state index in [1.165, 1.54) is 4.31 Å². The third-order valence-corrected chi connectivity index (χ3v) is 5.70. The molecule has 0 aliphatic heterocycles. The van der Waals surface area contributed by atoms with Crippen LogP contribution in [0.4, 0.5) is 0 Å². The van der Waals surface area contributed by atoms with Crippen LogP contribution in [0.2, 0.25) is 0 Å². The van der Waals surface area contributed by atoms with Crippen molar-refractivity contribution in [2.45, 2.75) is 58.0 Å². The number of rotatable bonds is 8. The van der Waals surface area contributed by atoms with Crippen LogP contribution in [-0.4, -0.2) is 31.9 Å². The van der Waals surface area contributed by atoms with Gasteiger partial charge in [-0.15, -0.1) is 0 Å². The van der Waals surface area contributed by atoms with Crippen molar-refractivity contribution in [2.24, 2.45) is 0 Å². The average molecular weight is 312 g/mol. The van der Waals surface area contributed by atoms with Gasteiger partial charge in [-0.1, -0.05) is 26.0 Å². The maximum atomic E-state index is 12.7. The Morgan fingerprint density at radius 2 is 1.86 bits per heavy atom. The highest BCUT2D eigenvalue weighted by Gasteiger charge is 2.25. The number of nitrogens with one attached hydrogen (secondary N) is 1. The molecular weight excluding hydrogens is 284 g/mol. The highest BCUT2D eigenvalue weighted by atomic mass is 32.2. The number of hydrogen-bond donors (Lipinski definition) is 1. The summed E-state index contributed by atoms with van der Waals surface area (Å²) in [4.78, 5) is 0.376. The van der Waals surface area contributed by atoms with Crippen LogP contribution in [0.5, 0.6) is 0 Å². The van der Waals surface area contributed by atoms with Crippen LogP contribution in [0.25, 0.3) is 0 Å². The number of nitrogens with zero attached hydrogens (tertiary/aromatic N) is 1. The first kappa shape index (κ1) is 18.1. The lowest BCUT2D eigenvalue weighted by molar-refractivity contribution is 0.369. The van der Waals surface area contributed by atoms with E-state index >= 15 is 0 Å². The standard InChI is InChI=1S/C16H28N2O2S/c1-6-11-17-14(5)15-9-8-10-16(12-15)21(19,20)18(7-2)13(3)4/h8-10,12-14,17H,6-7,11H2,1-5H3. The zero-order valence-corrected chi connectivity index (χ0v) is 14.6. The largest absolute Gasteiger partial charge is 0.310 e. The summed E-state index contributed by atoms with van der Waals surface area (Å²) in [6.07, 6.45) is 1.05. The minimum absolute atomic E-state index is 0.0423. The van der Waals surface area contributed by atoms with Crippen molar-refractivity contribution in [3.8, 4) is 0 Å². The normalized spacial score (nSPS) is 13.9. The number of benzene rings is 1. The Bertz CT molecular complexity index is 541. The monoisotopic (exact) mass is 312 g/mol. The summed E-state index contributed by atoms with van der Waals surface area (Å²) in [6.45, 7) is 11.2. The lowest BCUT2D eigenvalue weighted by Gasteiger charge is -2.25. The predicted molar refractivity (Wildman–Crippen MR) is 87.9 cm³/mol. The molecule has 0 amide bonds. The Morgan fingerprint density at radius 1 is 1.19 bits per heavy atom. The maximum absolute atomic E-state index is 12.7. The van der Waals surface area contributed by atoms with Crippen molar-refractivity contribution in [1.29, 1.82) is 0 Å². The SMILES string of the molecule is CCCNC(C)c1cccc(S(=O)(=O)N(CC)C(C)C)c1. The number of sulfonamides is 1. The Labute approximate surface area is 129 Å². The molecule has 21 heavy (non-hydrogen) atoms. The van der Waals surface area contributed by atoms with Crippen molar-refractivity contribution >= 4 is 10.0 Å². The van der Waals surface area contributed by atoms with E-state index in [0.717, 1.165) is 18.5 Å². The second-order valence-corrected chi connectivity index (χ2v) is 7.44. The second kappa shape index (κ2) is 7.92. The highest BCUT2D eigenvalue weighted by molar-refractivity contribution is 7.89. The molecule has 0 fully saturated rings. The quantitative estimate of drug-likeness (QED) is 0.802. The average Bonchev–Trinajstić information content (AvgIpc) is 2.44. The van der Waals surface area contributed by atoms with Gasteiger partial charge in [-0.3, -0.25) is 0 Å². The molecule has 0 aliphatic carbocycles. The van der Waals surface area contributed by atoms with Crippen LogP contribution in [-0.2, 0) is 10.0 Å². The van der Waals surface area contributed by atoms with Gasteiger partial charge >= 0.3 is 0 Å². The van der Waals surface area contributed by atoms with E-state index < -0.39 is 10.0 Å². The molecule has 5 heteroatoms. The fourth-order valence-corrected chi connectivity index (χ4v) is 4.07. The maximum Gasteiger partial charge on any atom is 0.243 e. The third-order valence-electron chi connectivity index (χ3n) is 3.55. The minimum atomic E-state index is -3.42. The Morgan fingerprint density at radius 3 is 2.38 bits per heavy atom. The van der Waals surface area contributed by atoms with Crippen LogP contribution >= 0.6 is 0 Å². The summed E-state index contributed by atoms with van der Waals surface area (Å²) in [6, 6.07) is 7.36. The molecule has 0 bridgehead atoms. The molecule has 1 aromatic carbocycles.